The van der Waals surface area contributed by atoms with E-state index in [0.29, 0.717) is 5.03 Å². The fraction of sp³-hybridized carbons (Fsp3) is 0.778. The number of nitrogens with zero attached hydrogens (tertiary/aromatic N) is 3. The summed E-state index contributed by atoms with van der Waals surface area (Å²) in [6.45, 7) is 3.20. The van der Waals surface area contributed by atoms with E-state index in [-0.39, 0.29) is 0 Å². The molecular weight excluding hydrogens is 182 g/mol. The molecule has 74 valence electrons. The lowest BCUT2D eigenvalue weighted by Gasteiger charge is -1.99. The average Bonchev–Trinajstić information content (AvgIpc) is 2.51. The molecule has 1 aromatic rings. The summed E-state index contributed by atoms with van der Waals surface area (Å²) >= 11 is 4.09. The number of unbranched alkanes of at least 4 members (excludes halogenated alkanes) is 4. The standard InChI is InChI=1S/C9H17N3S/c1-2-3-4-5-6-7-12-8-9(13)10-11-12/h8,13H,2-7H2,1H3. The Morgan fingerprint density at radius 3 is 2.69 bits per heavy atom. The molecular formula is C9H17N3S. The molecule has 0 aliphatic rings. The second-order valence-electron chi connectivity index (χ2n) is 3.25. The minimum atomic E-state index is 0.702. The summed E-state index contributed by atoms with van der Waals surface area (Å²) in [5.41, 5.74) is 0. The van der Waals surface area contributed by atoms with Crippen LogP contribution in [0.25, 0.3) is 0 Å². The van der Waals surface area contributed by atoms with E-state index >= 15 is 0 Å². The van der Waals surface area contributed by atoms with Crippen molar-refractivity contribution in [2.45, 2.75) is 50.6 Å². The largest absolute Gasteiger partial charge is 0.251 e. The van der Waals surface area contributed by atoms with E-state index in [4.69, 9.17) is 0 Å². The fourth-order valence-corrected chi connectivity index (χ4v) is 1.45. The molecule has 1 rings (SSSR count). The monoisotopic (exact) mass is 199 g/mol. The van der Waals surface area contributed by atoms with Gasteiger partial charge in [-0.1, -0.05) is 37.8 Å². The van der Waals surface area contributed by atoms with E-state index in [0.717, 1.165) is 6.54 Å². The first-order chi connectivity index (χ1) is 6.33. The summed E-state index contributed by atoms with van der Waals surface area (Å²) in [6.07, 6.45) is 8.31. The van der Waals surface area contributed by atoms with Crippen molar-refractivity contribution in [3.05, 3.63) is 6.20 Å². The van der Waals surface area contributed by atoms with Crippen LogP contribution in [-0.2, 0) is 6.54 Å². The molecule has 0 aliphatic carbocycles. The van der Waals surface area contributed by atoms with Gasteiger partial charge in [0.1, 0.15) is 5.03 Å². The SMILES string of the molecule is CCCCCCCn1cc(S)nn1. The molecule has 13 heavy (non-hydrogen) atoms. The predicted octanol–water partition coefficient (Wildman–Crippen LogP) is 2.54. The van der Waals surface area contributed by atoms with E-state index in [2.05, 4.69) is 29.9 Å². The number of hydrogen-bond donors (Lipinski definition) is 1. The minimum Gasteiger partial charge on any atom is -0.251 e. The third-order valence-corrected chi connectivity index (χ3v) is 2.22. The van der Waals surface area contributed by atoms with Crippen LogP contribution in [0.15, 0.2) is 11.2 Å². The van der Waals surface area contributed by atoms with Crippen LogP contribution in [0.1, 0.15) is 39.0 Å². The maximum Gasteiger partial charge on any atom is 0.135 e. The topological polar surface area (TPSA) is 30.7 Å². The Hall–Kier alpha value is -0.510. The van der Waals surface area contributed by atoms with Gasteiger partial charge in [-0.25, -0.2) is 0 Å². The molecule has 0 aromatic carbocycles. The maximum atomic E-state index is 4.09. The van der Waals surface area contributed by atoms with Crippen LogP contribution >= 0.6 is 12.6 Å². The highest BCUT2D eigenvalue weighted by Gasteiger charge is 1.95. The van der Waals surface area contributed by atoms with Crippen molar-refractivity contribution in [1.29, 1.82) is 0 Å². The predicted molar refractivity (Wildman–Crippen MR) is 56.0 cm³/mol. The number of aryl methyl sites for hydroxylation is 1. The van der Waals surface area contributed by atoms with Gasteiger partial charge in [-0.05, 0) is 6.42 Å². The van der Waals surface area contributed by atoms with E-state index in [1.165, 1.54) is 32.1 Å². The molecule has 0 spiro atoms. The summed E-state index contributed by atoms with van der Waals surface area (Å²) in [4.78, 5) is 0. The van der Waals surface area contributed by atoms with Crippen LogP contribution in [0.4, 0.5) is 0 Å². The van der Waals surface area contributed by atoms with Crippen molar-refractivity contribution in [3.8, 4) is 0 Å². The molecule has 0 aliphatic heterocycles. The molecule has 0 saturated carbocycles. The van der Waals surface area contributed by atoms with E-state index in [9.17, 15) is 0 Å². The Balaban J connectivity index is 2.06. The van der Waals surface area contributed by atoms with Crippen molar-refractivity contribution in [3.63, 3.8) is 0 Å². The van der Waals surface area contributed by atoms with Crippen LogP contribution in [0.5, 0.6) is 0 Å². The van der Waals surface area contributed by atoms with Crippen molar-refractivity contribution >= 4 is 12.6 Å². The normalized spacial score (nSPS) is 10.6. The van der Waals surface area contributed by atoms with Crippen molar-refractivity contribution in [2.24, 2.45) is 0 Å². The Bertz CT molecular complexity index is 235. The highest BCUT2D eigenvalue weighted by Crippen LogP contribution is 2.04. The fourth-order valence-electron chi connectivity index (χ4n) is 1.27. The van der Waals surface area contributed by atoms with E-state index in [1.807, 2.05) is 10.9 Å². The summed E-state index contributed by atoms with van der Waals surface area (Å²) in [5, 5.41) is 8.44. The number of hydrogen-bond acceptors (Lipinski definition) is 3. The summed E-state index contributed by atoms with van der Waals surface area (Å²) in [7, 11) is 0. The molecule has 0 N–H and O–H groups in total. The Labute approximate surface area is 84.9 Å². The molecule has 0 radical (unpaired) electrons. The molecule has 0 amide bonds. The second-order valence-corrected chi connectivity index (χ2v) is 3.71. The Kier molecular flexibility index (Phi) is 4.90. The van der Waals surface area contributed by atoms with Gasteiger partial charge in [0.2, 0.25) is 0 Å². The minimum absolute atomic E-state index is 0.702. The van der Waals surface area contributed by atoms with Gasteiger partial charge in [0.05, 0.1) is 6.20 Å². The van der Waals surface area contributed by atoms with E-state index < -0.39 is 0 Å². The third-order valence-electron chi connectivity index (χ3n) is 2.02. The third kappa shape index (κ3) is 4.31. The summed E-state index contributed by atoms with van der Waals surface area (Å²) in [5.74, 6) is 0. The Morgan fingerprint density at radius 1 is 1.31 bits per heavy atom. The van der Waals surface area contributed by atoms with Crippen LogP contribution < -0.4 is 0 Å². The lowest BCUT2D eigenvalue weighted by atomic mass is 10.1. The summed E-state index contributed by atoms with van der Waals surface area (Å²) in [6, 6.07) is 0. The second kappa shape index (κ2) is 6.02. The van der Waals surface area contributed by atoms with Crippen LogP contribution in [0.3, 0.4) is 0 Å². The first-order valence-electron chi connectivity index (χ1n) is 4.92. The lowest BCUT2D eigenvalue weighted by molar-refractivity contribution is 0.521. The number of thiol groups is 1. The molecule has 1 heterocycles. The van der Waals surface area contributed by atoms with Crippen LogP contribution in [-0.4, -0.2) is 15.0 Å². The number of rotatable bonds is 6. The molecule has 0 atom stereocenters. The number of aromatic nitrogens is 3. The van der Waals surface area contributed by atoms with Crippen molar-refractivity contribution in [2.75, 3.05) is 0 Å². The van der Waals surface area contributed by atoms with Gasteiger partial charge in [0.25, 0.3) is 0 Å². The lowest BCUT2D eigenvalue weighted by Crippen LogP contribution is -1.98. The molecule has 0 unspecified atom stereocenters. The zero-order valence-electron chi connectivity index (χ0n) is 8.11. The van der Waals surface area contributed by atoms with Gasteiger partial charge in [-0.3, -0.25) is 4.68 Å². The Morgan fingerprint density at radius 2 is 2.08 bits per heavy atom. The van der Waals surface area contributed by atoms with Crippen LogP contribution in [0.2, 0.25) is 0 Å². The van der Waals surface area contributed by atoms with Crippen molar-refractivity contribution < 1.29 is 0 Å². The molecule has 4 heteroatoms. The summed E-state index contributed by atoms with van der Waals surface area (Å²) < 4.78 is 1.86. The van der Waals surface area contributed by atoms with E-state index in [1.54, 1.807) is 0 Å². The highest BCUT2D eigenvalue weighted by atomic mass is 32.1. The zero-order chi connectivity index (χ0) is 9.52. The molecule has 0 fully saturated rings. The smallest absolute Gasteiger partial charge is 0.135 e. The molecule has 0 saturated heterocycles. The van der Waals surface area contributed by atoms with Crippen LogP contribution in [0, 0.1) is 0 Å². The van der Waals surface area contributed by atoms with Gasteiger partial charge in [0, 0.05) is 6.54 Å². The van der Waals surface area contributed by atoms with Gasteiger partial charge >= 0.3 is 0 Å². The first-order valence-corrected chi connectivity index (χ1v) is 5.36. The maximum absolute atomic E-state index is 4.09. The van der Waals surface area contributed by atoms with Gasteiger partial charge in [-0.2, -0.15) is 0 Å². The van der Waals surface area contributed by atoms with Crippen molar-refractivity contribution in [1.82, 2.24) is 15.0 Å². The first kappa shape index (κ1) is 10.6. The molecule has 1 aromatic heterocycles. The van der Waals surface area contributed by atoms with Gasteiger partial charge in [-0.15, -0.1) is 17.7 Å². The highest BCUT2D eigenvalue weighted by molar-refractivity contribution is 7.80. The van der Waals surface area contributed by atoms with Gasteiger partial charge in [0.15, 0.2) is 0 Å². The molecule has 3 nitrogen and oxygen atoms in total. The average molecular weight is 199 g/mol. The van der Waals surface area contributed by atoms with Gasteiger partial charge < -0.3 is 0 Å². The zero-order valence-corrected chi connectivity index (χ0v) is 9.00. The quantitative estimate of drug-likeness (QED) is 0.564. The molecule has 0 bridgehead atoms.